The molecule has 4 nitrogen and oxygen atoms in total. The third kappa shape index (κ3) is 3.16. The minimum Gasteiger partial charge on any atom is -0.396 e. The number of hydrogen-bond acceptors (Lipinski definition) is 4. The summed E-state index contributed by atoms with van der Waals surface area (Å²) in [6, 6.07) is 12.6. The number of anilines is 2. The van der Waals surface area contributed by atoms with Gasteiger partial charge in [-0.1, -0.05) is 30.3 Å². The van der Waals surface area contributed by atoms with Crippen LogP contribution in [-0.4, -0.2) is 36.1 Å². The summed E-state index contributed by atoms with van der Waals surface area (Å²) in [6.45, 7) is 7.10. The number of aromatic nitrogens is 1. The second kappa shape index (κ2) is 6.14. The summed E-state index contributed by atoms with van der Waals surface area (Å²) in [7, 11) is 0. The fraction of sp³-hybridized carbons (Fsp3) is 0.353. The third-order valence-electron chi connectivity index (χ3n) is 4.11. The lowest BCUT2D eigenvalue weighted by Gasteiger charge is -2.36. The van der Waals surface area contributed by atoms with Crippen molar-refractivity contribution in [2.24, 2.45) is 0 Å². The Kier molecular flexibility index (Phi) is 4.06. The molecule has 0 bridgehead atoms. The van der Waals surface area contributed by atoms with Crippen LogP contribution in [0.25, 0.3) is 0 Å². The first-order valence-electron chi connectivity index (χ1n) is 7.46. The number of nitrogens with zero attached hydrogens (tertiary/aromatic N) is 3. The van der Waals surface area contributed by atoms with Crippen LogP contribution in [0.3, 0.4) is 0 Å². The second-order valence-electron chi connectivity index (χ2n) is 5.61. The lowest BCUT2D eigenvalue weighted by molar-refractivity contribution is 0.249. The van der Waals surface area contributed by atoms with Crippen LogP contribution in [0.15, 0.2) is 42.6 Å². The van der Waals surface area contributed by atoms with E-state index in [9.17, 15) is 0 Å². The van der Waals surface area contributed by atoms with E-state index in [1.54, 1.807) is 0 Å². The van der Waals surface area contributed by atoms with Crippen molar-refractivity contribution in [3.8, 4) is 0 Å². The van der Waals surface area contributed by atoms with Gasteiger partial charge in [-0.15, -0.1) is 0 Å². The second-order valence-corrected chi connectivity index (χ2v) is 5.61. The van der Waals surface area contributed by atoms with E-state index >= 15 is 0 Å². The molecule has 3 rings (SSSR count). The quantitative estimate of drug-likeness (QED) is 0.938. The normalized spacial score (nSPS) is 16.1. The number of benzene rings is 1. The van der Waals surface area contributed by atoms with Gasteiger partial charge < -0.3 is 10.6 Å². The van der Waals surface area contributed by atoms with Crippen LogP contribution in [0.4, 0.5) is 11.5 Å². The molecule has 1 aliphatic heterocycles. The number of rotatable bonds is 3. The van der Waals surface area contributed by atoms with Gasteiger partial charge in [0.15, 0.2) is 5.82 Å². The molecule has 0 atom stereocenters. The molecule has 1 aromatic carbocycles. The molecule has 0 aliphatic carbocycles. The fourth-order valence-corrected chi connectivity index (χ4v) is 2.77. The van der Waals surface area contributed by atoms with Crippen molar-refractivity contribution in [3.05, 3.63) is 53.7 Å². The van der Waals surface area contributed by atoms with Gasteiger partial charge in [0.25, 0.3) is 0 Å². The Hall–Kier alpha value is -2.07. The first kappa shape index (κ1) is 13.9. The van der Waals surface area contributed by atoms with E-state index in [1.807, 2.05) is 19.2 Å². The minimum absolute atomic E-state index is 0.814. The van der Waals surface area contributed by atoms with Crippen LogP contribution < -0.4 is 10.6 Å². The zero-order valence-electron chi connectivity index (χ0n) is 12.5. The Morgan fingerprint density at radius 3 is 2.48 bits per heavy atom. The predicted octanol–water partition coefficient (Wildman–Crippen LogP) is 2.29. The first-order chi connectivity index (χ1) is 10.2. The molecule has 1 aliphatic rings. The minimum atomic E-state index is 0.814. The maximum Gasteiger partial charge on any atom is 0.152 e. The van der Waals surface area contributed by atoms with Crippen molar-refractivity contribution in [1.29, 1.82) is 0 Å². The summed E-state index contributed by atoms with van der Waals surface area (Å²) in [4.78, 5) is 9.23. The largest absolute Gasteiger partial charge is 0.396 e. The highest BCUT2D eigenvalue weighted by molar-refractivity contribution is 5.66. The van der Waals surface area contributed by atoms with Crippen LogP contribution in [0.5, 0.6) is 0 Å². The smallest absolute Gasteiger partial charge is 0.152 e. The molecular weight excluding hydrogens is 260 g/mol. The number of nitrogen functional groups attached to an aromatic ring is 1. The van der Waals surface area contributed by atoms with Crippen molar-refractivity contribution in [1.82, 2.24) is 9.88 Å². The molecule has 0 unspecified atom stereocenters. The summed E-state index contributed by atoms with van der Waals surface area (Å²) in [5.41, 5.74) is 9.45. The van der Waals surface area contributed by atoms with Crippen molar-refractivity contribution in [3.63, 3.8) is 0 Å². The third-order valence-corrected chi connectivity index (χ3v) is 4.11. The molecule has 0 amide bonds. The van der Waals surface area contributed by atoms with E-state index in [-0.39, 0.29) is 0 Å². The zero-order valence-corrected chi connectivity index (χ0v) is 12.5. The summed E-state index contributed by atoms with van der Waals surface area (Å²) < 4.78 is 0. The molecule has 1 saturated heterocycles. The van der Waals surface area contributed by atoms with Gasteiger partial charge in [0.05, 0.1) is 5.69 Å². The molecule has 0 spiro atoms. The molecule has 110 valence electrons. The highest BCUT2D eigenvalue weighted by atomic mass is 15.3. The predicted molar refractivity (Wildman–Crippen MR) is 87.3 cm³/mol. The molecule has 0 radical (unpaired) electrons. The highest BCUT2D eigenvalue weighted by Gasteiger charge is 2.20. The van der Waals surface area contributed by atoms with E-state index < -0.39 is 0 Å². The van der Waals surface area contributed by atoms with Gasteiger partial charge in [-0.2, -0.15) is 0 Å². The monoisotopic (exact) mass is 282 g/mol. The van der Waals surface area contributed by atoms with Gasteiger partial charge >= 0.3 is 0 Å². The first-order valence-corrected chi connectivity index (χ1v) is 7.46. The Bertz CT molecular complexity index is 589. The summed E-state index contributed by atoms with van der Waals surface area (Å²) in [5.74, 6) is 0.939. The molecule has 1 aromatic heterocycles. The molecule has 4 heteroatoms. The van der Waals surface area contributed by atoms with E-state index in [2.05, 4.69) is 45.1 Å². The number of hydrogen-bond donors (Lipinski definition) is 1. The molecule has 2 N–H and O–H groups in total. The molecule has 21 heavy (non-hydrogen) atoms. The SMILES string of the molecule is Cc1ccnc(N2CCN(Cc3ccccc3)CC2)c1N. The maximum atomic E-state index is 6.15. The molecular formula is C17H22N4. The van der Waals surface area contributed by atoms with Gasteiger partial charge in [0.1, 0.15) is 0 Å². The van der Waals surface area contributed by atoms with E-state index in [1.165, 1.54) is 5.56 Å². The van der Waals surface area contributed by atoms with E-state index in [4.69, 9.17) is 5.73 Å². The lowest BCUT2D eigenvalue weighted by Crippen LogP contribution is -2.46. The van der Waals surface area contributed by atoms with Crippen molar-refractivity contribution in [2.45, 2.75) is 13.5 Å². The van der Waals surface area contributed by atoms with Crippen LogP contribution in [0, 0.1) is 6.92 Å². The Labute approximate surface area is 126 Å². The number of nitrogens with two attached hydrogens (primary N) is 1. The van der Waals surface area contributed by atoms with Crippen LogP contribution >= 0.6 is 0 Å². The van der Waals surface area contributed by atoms with Crippen LogP contribution in [0.2, 0.25) is 0 Å². The fourth-order valence-electron chi connectivity index (χ4n) is 2.77. The molecule has 2 heterocycles. The van der Waals surface area contributed by atoms with Crippen molar-refractivity contribution < 1.29 is 0 Å². The highest BCUT2D eigenvalue weighted by Crippen LogP contribution is 2.24. The van der Waals surface area contributed by atoms with E-state index in [0.717, 1.165) is 49.8 Å². The number of piperazine rings is 1. The average Bonchev–Trinajstić information content (AvgIpc) is 2.52. The van der Waals surface area contributed by atoms with Gasteiger partial charge in [-0.25, -0.2) is 4.98 Å². The van der Waals surface area contributed by atoms with Gasteiger partial charge in [-0.05, 0) is 24.1 Å². The Morgan fingerprint density at radius 1 is 1.05 bits per heavy atom. The topological polar surface area (TPSA) is 45.4 Å². The maximum absolute atomic E-state index is 6.15. The Morgan fingerprint density at radius 2 is 1.76 bits per heavy atom. The van der Waals surface area contributed by atoms with Gasteiger partial charge in [-0.3, -0.25) is 4.90 Å². The van der Waals surface area contributed by atoms with Crippen LogP contribution in [0.1, 0.15) is 11.1 Å². The van der Waals surface area contributed by atoms with Crippen molar-refractivity contribution in [2.75, 3.05) is 36.8 Å². The average molecular weight is 282 g/mol. The molecule has 2 aromatic rings. The van der Waals surface area contributed by atoms with Crippen LogP contribution in [-0.2, 0) is 6.54 Å². The van der Waals surface area contributed by atoms with E-state index in [0.29, 0.717) is 0 Å². The zero-order chi connectivity index (χ0) is 14.7. The summed E-state index contributed by atoms with van der Waals surface area (Å²) in [5, 5.41) is 0. The van der Waals surface area contributed by atoms with Crippen molar-refractivity contribution >= 4 is 11.5 Å². The van der Waals surface area contributed by atoms with Gasteiger partial charge in [0, 0.05) is 38.9 Å². The molecule has 0 saturated carbocycles. The Balaban J connectivity index is 1.61. The molecule has 1 fully saturated rings. The summed E-state index contributed by atoms with van der Waals surface area (Å²) in [6.07, 6.45) is 1.84. The standard InChI is InChI=1S/C17H22N4/c1-14-7-8-19-17(16(14)18)21-11-9-20(10-12-21)13-15-5-3-2-4-6-15/h2-8H,9-13,18H2,1H3. The number of pyridine rings is 1. The summed E-state index contributed by atoms with van der Waals surface area (Å²) >= 11 is 0. The number of aryl methyl sites for hydroxylation is 1. The van der Waals surface area contributed by atoms with Gasteiger partial charge in [0.2, 0.25) is 0 Å². The lowest BCUT2D eigenvalue weighted by atomic mass is 10.2.